The third-order valence-corrected chi connectivity index (χ3v) is 4.01. The Bertz CT molecular complexity index is 598. The van der Waals surface area contributed by atoms with Crippen LogP contribution >= 0.6 is 11.8 Å². The zero-order chi connectivity index (χ0) is 14.5. The standard InChI is InChI=1S/C14H17N3O2S/c1-16-8-7-15-14(16)20-10-11-5-4-6-12(9-11)13(18)17(2)19-3/h4-9H,10H2,1-3H3. The minimum absolute atomic E-state index is 0.156. The highest BCUT2D eigenvalue weighted by Crippen LogP contribution is 2.21. The maximum atomic E-state index is 12.0. The number of imidazole rings is 1. The van der Waals surface area contributed by atoms with Gasteiger partial charge in [-0.3, -0.25) is 9.63 Å². The molecule has 0 N–H and O–H groups in total. The molecular formula is C14H17N3O2S. The van der Waals surface area contributed by atoms with Gasteiger partial charge in [-0.05, 0) is 17.7 Å². The van der Waals surface area contributed by atoms with Crippen molar-refractivity contribution in [3.05, 3.63) is 47.8 Å². The number of carbonyl (C=O) groups excluding carboxylic acids is 1. The molecule has 0 aliphatic carbocycles. The molecule has 5 nitrogen and oxygen atoms in total. The summed E-state index contributed by atoms with van der Waals surface area (Å²) < 4.78 is 1.97. The van der Waals surface area contributed by atoms with Crippen LogP contribution in [0.2, 0.25) is 0 Å². The number of hydrogen-bond acceptors (Lipinski definition) is 4. The molecule has 0 aliphatic heterocycles. The quantitative estimate of drug-likeness (QED) is 0.626. The van der Waals surface area contributed by atoms with Gasteiger partial charge in [-0.1, -0.05) is 23.9 Å². The molecule has 0 atom stereocenters. The largest absolute Gasteiger partial charge is 0.329 e. The number of amides is 1. The number of hydroxylamine groups is 2. The number of hydrogen-bond donors (Lipinski definition) is 0. The number of aryl methyl sites for hydroxylation is 1. The summed E-state index contributed by atoms with van der Waals surface area (Å²) in [5.41, 5.74) is 1.70. The normalized spacial score (nSPS) is 10.6. The molecule has 2 rings (SSSR count). The van der Waals surface area contributed by atoms with E-state index in [0.717, 1.165) is 16.5 Å². The van der Waals surface area contributed by atoms with E-state index in [2.05, 4.69) is 4.98 Å². The molecule has 0 aliphatic rings. The number of aromatic nitrogens is 2. The Kier molecular flexibility index (Phi) is 4.81. The molecule has 0 radical (unpaired) electrons. The van der Waals surface area contributed by atoms with E-state index in [1.807, 2.05) is 36.0 Å². The van der Waals surface area contributed by atoms with Crippen molar-refractivity contribution in [2.45, 2.75) is 10.9 Å². The van der Waals surface area contributed by atoms with Crippen molar-refractivity contribution in [2.75, 3.05) is 14.2 Å². The van der Waals surface area contributed by atoms with Gasteiger partial charge in [0.2, 0.25) is 0 Å². The molecule has 0 unspecified atom stereocenters. The molecule has 0 fully saturated rings. The molecule has 20 heavy (non-hydrogen) atoms. The van der Waals surface area contributed by atoms with Gasteiger partial charge in [0.1, 0.15) is 0 Å². The summed E-state index contributed by atoms with van der Waals surface area (Å²) in [5.74, 6) is 0.610. The first-order valence-corrected chi connectivity index (χ1v) is 7.11. The second-order valence-corrected chi connectivity index (χ2v) is 5.24. The molecule has 106 valence electrons. The van der Waals surface area contributed by atoms with Gasteiger partial charge in [0.15, 0.2) is 5.16 Å². The van der Waals surface area contributed by atoms with Gasteiger partial charge in [-0.15, -0.1) is 0 Å². The monoisotopic (exact) mass is 291 g/mol. The Morgan fingerprint density at radius 2 is 2.30 bits per heavy atom. The molecular weight excluding hydrogens is 274 g/mol. The van der Waals surface area contributed by atoms with Crippen molar-refractivity contribution in [1.29, 1.82) is 0 Å². The van der Waals surface area contributed by atoms with Crippen LogP contribution < -0.4 is 0 Å². The van der Waals surface area contributed by atoms with E-state index in [0.29, 0.717) is 5.56 Å². The highest BCUT2D eigenvalue weighted by Gasteiger charge is 2.11. The SMILES string of the molecule is CON(C)C(=O)c1cccc(CSc2nccn2C)c1. The van der Waals surface area contributed by atoms with Crippen molar-refractivity contribution in [3.63, 3.8) is 0 Å². The van der Waals surface area contributed by atoms with E-state index in [-0.39, 0.29) is 5.91 Å². The zero-order valence-electron chi connectivity index (χ0n) is 11.7. The first-order chi connectivity index (χ1) is 9.61. The number of thioether (sulfide) groups is 1. The van der Waals surface area contributed by atoms with Crippen LogP contribution in [0.15, 0.2) is 41.8 Å². The Balaban J connectivity index is 2.06. The van der Waals surface area contributed by atoms with Crippen LogP contribution in [0.3, 0.4) is 0 Å². The maximum Gasteiger partial charge on any atom is 0.277 e. The van der Waals surface area contributed by atoms with Crippen LogP contribution in [0.4, 0.5) is 0 Å². The zero-order valence-corrected chi connectivity index (χ0v) is 12.6. The van der Waals surface area contributed by atoms with Crippen molar-refractivity contribution in [2.24, 2.45) is 7.05 Å². The van der Waals surface area contributed by atoms with Crippen LogP contribution in [0.25, 0.3) is 0 Å². The van der Waals surface area contributed by atoms with Crippen molar-refractivity contribution in [3.8, 4) is 0 Å². The van der Waals surface area contributed by atoms with E-state index >= 15 is 0 Å². The lowest BCUT2D eigenvalue weighted by Gasteiger charge is -2.14. The third-order valence-electron chi connectivity index (χ3n) is 2.88. The van der Waals surface area contributed by atoms with E-state index < -0.39 is 0 Å². The van der Waals surface area contributed by atoms with E-state index in [9.17, 15) is 4.79 Å². The fraction of sp³-hybridized carbons (Fsp3) is 0.286. The lowest BCUT2D eigenvalue weighted by Crippen LogP contribution is -2.25. The molecule has 6 heteroatoms. The Morgan fingerprint density at radius 3 is 2.95 bits per heavy atom. The van der Waals surface area contributed by atoms with Gasteiger partial charge < -0.3 is 4.57 Å². The van der Waals surface area contributed by atoms with Crippen LogP contribution in [0.1, 0.15) is 15.9 Å². The fourth-order valence-electron chi connectivity index (χ4n) is 1.70. The second kappa shape index (κ2) is 6.58. The first-order valence-electron chi connectivity index (χ1n) is 6.13. The topological polar surface area (TPSA) is 47.4 Å². The average Bonchev–Trinajstić information content (AvgIpc) is 2.89. The van der Waals surface area contributed by atoms with Gasteiger partial charge in [0, 0.05) is 37.8 Å². The van der Waals surface area contributed by atoms with Gasteiger partial charge >= 0.3 is 0 Å². The Hall–Kier alpha value is -1.79. The molecule has 0 saturated carbocycles. The van der Waals surface area contributed by atoms with Gasteiger partial charge in [0.25, 0.3) is 5.91 Å². The minimum Gasteiger partial charge on any atom is -0.329 e. The molecule has 0 spiro atoms. The summed E-state index contributed by atoms with van der Waals surface area (Å²) in [4.78, 5) is 21.2. The molecule has 1 amide bonds. The second-order valence-electron chi connectivity index (χ2n) is 4.29. The van der Waals surface area contributed by atoms with E-state index in [1.165, 1.54) is 12.2 Å². The summed E-state index contributed by atoms with van der Waals surface area (Å²) in [7, 11) is 5.03. The number of nitrogens with zero attached hydrogens (tertiary/aromatic N) is 3. The van der Waals surface area contributed by atoms with Crippen LogP contribution in [0.5, 0.6) is 0 Å². The molecule has 0 saturated heterocycles. The Labute approximate surface area is 122 Å². The van der Waals surface area contributed by atoms with Crippen LogP contribution in [-0.4, -0.2) is 34.7 Å². The average molecular weight is 291 g/mol. The maximum absolute atomic E-state index is 12.0. The molecule has 1 aromatic heterocycles. The summed E-state index contributed by atoms with van der Waals surface area (Å²) in [5, 5.41) is 2.17. The van der Waals surface area contributed by atoms with Crippen molar-refractivity contribution >= 4 is 17.7 Å². The van der Waals surface area contributed by atoms with Crippen molar-refractivity contribution in [1.82, 2.24) is 14.6 Å². The van der Waals surface area contributed by atoms with Crippen molar-refractivity contribution < 1.29 is 9.63 Å². The van der Waals surface area contributed by atoms with E-state index in [1.54, 1.807) is 31.1 Å². The number of carbonyl (C=O) groups is 1. The van der Waals surface area contributed by atoms with Gasteiger partial charge in [0.05, 0.1) is 7.11 Å². The lowest BCUT2D eigenvalue weighted by atomic mass is 10.1. The third kappa shape index (κ3) is 3.40. The minimum atomic E-state index is -0.156. The van der Waals surface area contributed by atoms with Crippen LogP contribution in [-0.2, 0) is 17.6 Å². The molecule has 1 heterocycles. The smallest absolute Gasteiger partial charge is 0.277 e. The molecule has 1 aromatic carbocycles. The summed E-state index contributed by atoms with van der Waals surface area (Å²) >= 11 is 1.64. The van der Waals surface area contributed by atoms with Crippen LogP contribution in [0, 0.1) is 0 Å². The number of rotatable bonds is 5. The highest BCUT2D eigenvalue weighted by atomic mass is 32.2. The summed E-state index contributed by atoms with van der Waals surface area (Å²) in [6.45, 7) is 0. The molecule has 0 bridgehead atoms. The first kappa shape index (κ1) is 14.6. The number of benzene rings is 1. The van der Waals surface area contributed by atoms with Gasteiger partial charge in [-0.25, -0.2) is 10.0 Å². The predicted octanol–water partition coefficient (Wildman–Crippen LogP) is 2.35. The highest BCUT2D eigenvalue weighted by molar-refractivity contribution is 7.98. The lowest BCUT2D eigenvalue weighted by molar-refractivity contribution is -0.0757. The Morgan fingerprint density at radius 1 is 1.50 bits per heavy atom. The predicted molar refractivity (Wildman–Crippen MR) is 78.3 cm³/mol. The molecule has 2 aromatic rings. The van der Waals surface area contributed by atoms with Gasteiger partial charge in [-0.2, -0.15) is 0 Å². The summed E-state index contributed by atoms with van der Waals surface area (Å²) in [6.07, 6.45) is 3.69. The fourth-order valence-corrected chi connectivity index (χ4v) is 2.57. The van der Waals surface area contributed by atoms with E-state index in [4.69, 9.17) is 4.84 Å². The summed E-state index contributed by atoms with van der Waals surface area (Å²) in [6, 6.07) is 7.55.